The molecule has 1 aromatic rings. The Balaban J connectivity index is 2.30. The van der Waals surface area contributed by atoms with Crippen LogP contribution in [-0.2, 0) is 0 Å². The summed E-state index contributed by atoms with van der Waals surface area (Å²) in [6.07, 6.45) is 5.27. The van der Waals surface area contributed by atoms with Crippen LogP contribution >= 0.6 is 0 Å². The van der Waals surface area contributed by atoms with Crippen molar-refractivity contribution in [1.82, 2.24) is 9.97 Å². The topological polar surface area (TPSA) is 41.1 Å². The largest absolute Gasteiger partial charge is 0.370 e. The summed E-state index contributed by atoms with van der Waals surface area (Å²) in [7, 11) is 2.17. The van der Waals surface area contributed by atoms with Crippen LogP contribution in [0.1, 0.15) is 44.0 Å². The number of nitrogens with zero attached hydrogens (tertiary/aromatic N) is 3. The summed E-state index contributed by atoms with van der Waals surface area (Å²) in [5.74, 6) is 2.91. The molecular formula is C14H24N4. The lowest BCUT2D eigenvalue weighted by Crippen LogP contribution is -2.30. The Morgan fingerprint density at radius 3 is 2.50 bits per heavy atom. The van der Waals surface area contributed by atoms with E-state index in [-0.39, 0.29) is 0 Å². The number of rotatable bonds is 4. The van der Waals surface area contributed by atoms with Crippen LogP contribution in [0.5, 0.6) is 0 Å². The molecule has 2 rings (SSSR count). The molecule has 0 radical (unpaired) electrons. The highest BCUT2D eigenvalue weighted by molar-refractivity contribution is 5.58. The molecule has 0 amide bonds. The SMILES string of the molecule is CCNc1nc(C)nc(N(C)C2CCCC2)c1C. The average molecular weight is 248 g/mol. The third-order valence-corrected chi connectivity index (χ3v) is 3.78. The van der Waals surface area contributed by atoms with Gasteiger partial charge in [0.15, 0.2) is 0 Å². The lowest BCUT2D eigenvalue weighted by Gasteiger charge is -2.27. The quantitative estimate of drug-likeness (QED) is 0.889. The second kappa shape index (κ2) is 5.55. The molecule has 4 nitrogen and oxygen atoms in total. The first-order valence-corrected chi connectivity index (χ1v) is 6.95. The van der Waals surface area contributed by atoms with Crippen molar-refractivity contribution in [3.05, 3.63) is 11.4 Å². The normalized spacial score (nSPS) is 16.0. The van der Waals surface area contributed by atoms with Crippen LogP contribution in [-0.4, -0.2) is 29.6 Å². The van der Waals surface area contributed by atoms with E-state index in [4.69, 9.17) is 0 Å². The molecule has 0 bridgehead atoms. The standard InChI is InChI=1S/C14H24N4/c1-5-15-13-10(2)14(17-11(3)16-13)18(4)12-8-6-7-9-12/h12H,5-9H2,1-4H3,(H,15,16,17). The molecule has 0 saturated heterocycles. The van der Waals surface area contributed by atoms with Gasteiger partial charge in [-0.15, -0.1) is 0 Å². The van der Waals surface area contributed by atoms with Crippen LogP contribution in [0.2, 0.25) is 0 Å². The van der Waals surface area contributed by atoms with Gasteiger partial charge in [-0.1, -0.05) is 12.8 Å². The molecule has 18 heavy (non-hydrogen) atoms. The zero-order chi connectivity index (χ0) is 13.1. The minimum Gasteiger partial charge on any atom is -0.370 e. The van der Waals surface area contributed by atoms with Crippen molar-refractivity contribution in [2.75, 3.05) is 23.8 Å². The van der Waals surface area contributed by atoms with Crippen LogP contribution in [0.4, 0.5) is 11.6 Å². The van der Waals surface area contributed by atoms with E-state index in [1.165, 1.54) is 25.7 Å². The first-order valence-electron chi connectivity index (χ1n) is 6.95. The predicted molar refractivity (Wildman–Crippen MR) is 76.3 cm³/mol. The molecule has 0 unspecified atom stereocenters. The second-order valence-electron chi connectivity index (χ2n) is 5.15. The van der Waals surface area contributed by atoms with E-state index >= 15 is 0 Å². The Kier molecular flexibility index (Phi) is 4.04. The van der Waals surface area contributed by atoms with Gasteiger partial charge in [-0.2, -0.15) is 0 Å². The van der Waals surface area contributed by atoms with E-state index in [2.05, 4.69) is 41.1 Å². The summed E-state index contributed by atoms with van der Waals surface area (Å²) in [5, 5.41) is 3.32. The van der Waals surface area contributed by atoms with E-state index in [1.54, 1.807) is 0 Å². The molecule has 1 saturated carbocycles. The molecule has 1 aliphatic rings. The first kappa shape index (κ1) is 13.1. The van der Waals surface area contributed by atoms with Crippen molar-refractivity contribution in [2.24, 2.45) is 0 Å². The molecule has 1 fully saturated rings. The Labute approximate surface area is 110 Å². The van der Waals surface area contributed by atoms with Crippen LogP contribution in [0.15, 0.2) is 0 Å². The fraction of sp³-hybridized carbons (Fsp3) is 0.714. The zero-order valence-corrected chi connectivity index (χ0v) is 12.0. The van der Waals surface area contributed by atoms with Gasteiger partial charge in [0.2, 0.25) is 0 Å². The number of hydrogen-bond donors (Lipinski definition) is 1. The molecule has 0 atom stereocenters. The molecule has 0 aliphatic heterocycles. The minimum absolute atomic E-state index is 0.646. The predicted octanol–water partition coefficient (Wildman–Crippen LogP) is 2.90. The fourth-order valence-electron chi connectivity index (χ4n) is 2.76. The van der Waals surface area contributed by atoms with Gasteiger partial charge in [0.1, 0.15) is 17.5 Å². The molecular weight excluding hydrogens is 224 g/mol. The van der Waals surface area contributed by atoms with Crippen molar-refractivity contribution in [1.29, 1.82) is 0 Å². The highest BCUT2D eigenvalue weighted by atomic mass is 15.2. The summed E-state index contributed by atoms with van der Waals surface area (Å²) in [4.78, 5) is 11.5. The lowest BCUT2D eigenvalue weighted by molar-refractivity contribution is 0.643. The molecule has 1 aromatic heterocycles. The van der Waals surface area contributed by atoms with E-state index in [0.717, 1.165) is 29.6 Å². The van der Waals surface area contributed by atoms with Crippen LogP contribution in [0.3, 0.4) is 0 Å². The Morgan fingerprint density at radius 1 is 1.22 bits per heavy atom. The van der Waals surface area contributed by atoms with Gasteiger partial charge < -0.3 is 10.2 Å². The van der Waals surface area contributed by atoms with Crippen molar-refractivity contribution < 1.29 is 0 Å². The Morgan fingerprint density at radius 2 is 1.89 bits per heavy atom. The van der Waals surface area contributed by atoms with Gasteiger partial charge in [-0.3, -0.25) is 0 Å². The summed E-state index contributed by atoms with van der Waals surface area (Å²) in [5.41, 5.74) is 1.16. The second-order valence-corrected chi connectivity index (χ2v) is 5.15. The minimum atomic E-state index is 0.646. The van der Waals surface area contributed by atoms with Crippen molar-refractivity contribution in [3.63, 3.8) is 0 Å². The monoisotopic (exact) mass is 248 g/mol. The van der Waals surface area contributed by atoms with E-state index in [0.29, 0.717) is 6.04 Å². The van der Waals surface area contributed by atoms with Crippen molar-refractivity contribution in [3.8, 4) is 0 Å². The van der Waals surface area contributed by atoms with Gasteiger partial charge in [-0.25, -0.2) is 9.97 Å². The first-order chi connectivity index (χ1) is 8.63. The number of aromatic nitrogens is 2. The maximum Gasteiger partial charge on any atom is 0.137 e. The maximum atomic E-state index is 4.63. The summed E-state index contributed by atoms with van der Waals surface area (Å²) < 4.78 is 0. The van der Waals surface area contributed by atoms with Gasteiger partial charge in [0.05, 0.1) is 0 Å². The van der Waals surface area contributed by atoms with Crippen LogP contribution in [0, 0.1) is 13.8 Å². The molecule has 1 aliphatic carbocycles. The zero-order valence-electron chi connectivity index (χ0n) is 12.0. The Bertz CT molecular complexity index is 411. The van der Waals surface area contributed by atoms with E-state index in [1.807, 2.05) is 6.92 Å². The lowest BCUT2D eigenvalue weighted by atomic mass is 10.2. The number of anilines is 2. The van der Waals surface area contributed by atoms with Crippen LogP contribution < -0.4 is 10.2 Å². The van der Waals surface area contributed by atoms with Crippen molar-refractivity contribution in [2.45, 2.75) is 52.5 Å². The summed E-state index contributed by atoms with van der Waals surface area (Å²) in [6, 6.07) is 0.646. The van der Waals surface area contributed by atoms with Gasteiger partial charge in [0.25, 0.3) is 0 Å². The number of hydrogen-bond acceptors (Lipinski definition) is 4. The third kappa shape index (κ3) is 2.57. The Hall–Kier alpha value is -1.32. The maximum absolute atomic E-state index is 4.63. The highest BCUT2D eigenvalue weighted by Crippen LogP contribution is 2.29. The average Bonchev–Trinajstić information content (AvgIpc) is 2.86. The van der Waals surface area contributed by atoms with E-state index in [9.17, 15) is 0 Å². The summed E-state index contributed by atoms with van der Waals surface area (Å²) >= 11 is 0. The number of aryl methyl sites for hydroxylation is 1. The van der Waals surface area contributed by atoms with Gasteiger partial charge in [0, 0.05) is 25.2 Å². The molecule has 1 heterocycles. The van der Waals surface area contributed by atoms with Gasteiger partial charge in [-0.05, 0) is 33.6 Å². The molecule has 0 aromatic carbocycles. The molecule has 4 heteroatoms. The smallest absolute Gasteiger partial charge is 0.137 e. The molecule has 100 valence electrons. The fourth-order valence-corrected chi connectivity index (χ4v) is 2.76. The number of nitrogens with one attached hydrogen (secondary N) is 1. The molecule has 1 N–H and O–H groups in total. The summed E-state index contributed by atoms with van der Waals surface area (Å²) in [6.45, 7) is 7.06. The molecule has 0 spiro atoms. The van der Waals surface area contributed by atoms with Crippen LogP contribution in [0.25, 0.3) is 0 Å². The van der Waals surface area contributed by atoms with E-state index < -0.39 is 0 Å². The van der Waals surface area contributed by atoms with Crippen molar-refractivity contribution >= 4 is 11.6 Å². The van der Waals surface area contributed by atoms with Gasteiger partial charge >= 0.3 is 0 Å². The highest BCUT2D eigenvalue weighted by Gasteiger charge is 2.23. The third-order valence-electron chi connectivity index (χ3n) is 3.78.